The monoisotopic (exact) mass is 617 g/mol. The third-order valence-electron chi connectivity index (χ3n) is 2.22. The molecule has 3 nitrogen and oxygen atoms in total. The van der Waals surface area contributed by atoms with Gasteiger partial charge >= 0.3 is 0 Å². The molecule has 1 unspecified atom stereocenters. The van der Waals surface area contributed by atoms with Gasteiger partial charge in [0.15, 0.2) is 0 Å². The lowest BCUT2D eigenvalue weighted by Crippen LogP contribution is -2.17. The molecule has 1 amide bonds. The zero-order chi connectivity index (χ0) is 14.4. The number of aliphatic hydroxyl groups excluding tert-OH is 1. The Labute approximate surface area is 158 Å². The molecule has 1 atom stereocenters. The summed E-state index contributed by atoms with van der Waals surface area (Å²) in [6, 6.07) is 4.08. The summed E-state index contributed by atoms with van der Waals surface area (Å²) in [6.07, 6.45) is 0. The van der Waals surface area contributed by atoms with Gasteiger partial charge in [0.2, 0.25) is 5.91 Å². The van der Waals surface area contributed by atoms with Crippen LogP contribution in [0.1, 0.15) is 6.92 Å². The molecular weight excluding hydrogens is 603 g/mol. The summed E-state index contributed by atoms with van der Waals surface area (Å²) in [4.78, 5) is 11.9. The predicted octanol–water partition coefficient (Wildman–Crippen LogP) is 3.80. The molecule has 0 bridgehead atoms. The number of benzene rings is 1. The molecule has 0 saturated carbocycles. The fourth-order valence-corrected chi connectivity index (χ4v) is 5.98. The quantitative estimate of drug-likeness (QED) is 0.479. The van der Waals surface area contributed by atoms with Gasteiger partial charge in [-0.25, -0.2) is 0 Å². The first-order chi connectivity index (χ1) is 8.93. The predicted molar refractivity (Wildman–Crippen MR) is 107 cm³/mol. The first kappa shape index (κ1) is 18.2. The van der Waals surface area contributed by atoms with Crippen LogP contribution in [-0.4, -0.2) is 29.1 Å². The van der Waals surface area contributed by atoms with Crippen LogP contribution in [0.4, 0.5) is 5.69 Å². The maximum Gasteiger partial charge on any atom is 0.234 e. The Morgan fingerprint density at radius 3 is 2.47 bits per heavy atom. The number of nitrogens with one attached hydrogen (secondary N) is 1. The average molecular weight is 617 g/mol. The van der Waals surface area contributed by atoms with Gasteiger partial charge in [0.25, 0.3) is 0 Å². The van der Waals surface area contributed by atoms with Crippen LogP contribution < -0.4 is 5.32 Å². The van der Waals surface area contributed by atoms with Gasteiger partial charge < -0.3 is 10.4 Å². The van der Waals surface area contributed by atoms with Crippen molar-refractivity contribution >= 4 is 91.1 Å². The second-order valence-electron chi connectivity index (χ2n) is 4.10. The van der Waals surface area contributed by atoms with E-state index in [0.29, 0.717) is 5.75 Å². The van der Waals surface area contributed by atoms with Crippen molar-refractivity contribution in [2.45, 2.75) is 6.92 Å². The normalized spacial score (nSPS) is 12.3. The van der Waals surface area contributed by atoms with Gasteiger partial charge in [0.1, 0.15) is 0 Å². The van der Waals surface area contributed by atoms with E-state index in [9.17, 15) is 4.79 Å². The molecule has 0 saturated heterocycles. The summed E-state index contributed by atoms with van der Waals surface area (Å²) in [5.74, 6) is 1.45. The Hall–Kier alpha value is 1.19. The lowest BCUT2D eigenvalue weighted by molar-refractivity contribution is -0.113. The average Bonchev–Trinajstić information content (AvgIpc) is 2.33. The lowest BCUT2D eigenvalue weighted by atomic mass is 10.2. The maximum atomic E-state index is 11.9. The molecule has 1 aromatic carbocycles. The second-order valence-corrected chi connectivity index (χ2v) is 8.70. The highest BCUT2D eigenvalue weighted by atomic mass is 127. The van der Waals surface area contributed by atoms with Gasteiger partial charge in [0.05, 0.1) is 11.4 Å². The fraction of sp³-hybridized carbons (Fsp3) is 0.417. The van der Waals surface area contributed by atoms with E-state index >= 15 is 0 Å². The minimum Gasteiger partial charge on any atom is -0.396 e. The summed E-state index contributed by atoms with van der Waals surface area (Å²) in [5, 5.41) is 11.9. The number of aliphatic hydroxyl groups is 1. The van der Waals surface area contributed by atoms with Crippen molar-refractivity contribution in [1.82, 2.24) is 0 Å². The molecular formula is C12H14I3NO2S. The smallest absolute Gasteiger partial charge is 0.234 e. The van der Waals surface area contributed by atoms with Gasteiger partial charge in [-0.05, 0) is 91.6 Å². The molecule has 0 heterocycles. The van der Waals surface area contributed by atoms with E-state index in [1.54, 1.807) is 11.8 Å². The molecule has 0 aliphatic heterocycles. The third kappa shape index (κ3) is 6.66. The van der Waals surface area contributed by atoms with Crippen molar-refractivity contribution < 1.29 is 9.90 Å². The topological polar surface area (TPSA) is 49.3 Å². The number of amides is 1. The van der Waals surface area contributed by atoms with Gasteiger partial charge in [-0.1, -0.05) is 6.92 Å². The van der Waals surface area contributed by atoms with Gasteiger partial charge in [-0.3, -0.25) is 4.79 Å². The number of halogens is 3. The minimum absolute atomic E-state index is 0.00665. The molecule has 0 aromatic heterocycles. The van der Waals surface area contributed by atoms with E-state index in [1.165, 1.54) is 0 Å². The Balaban J connectivity index is 2.53. The van der Waals surface area contributed by atoms with Crippen LogP contribution in [0, 0.1) is 16.6 Å². The van der Waals surface area contributed by atoms with E-state index in [2.05, 4.69) is 73.1 Å². The zero-order valence-electron chi connectivity index (χ0n) is 10.3. The van der Waals surface area contributed by atoms with Crippen molar-refractivity contribution in [2.75, 3.05) is 23.4 Å². The van der Waals surface area contributed by atoms with Gasteiger partial charge in [0, 0.05) is 17.3 Å². The highest BCUT2D eigenvalue weighted by Gasteiger charge is 2.11. The molecule has 2 N–H and O–H groups in total. The van der Waals surface area contributed by atoms with Crippen molar-refractivity contribution in [2.24, 2.45) is 5.92 Å². The van der Waals surface area contributed by atoms with Crippen LogP contribution in [0.25, 0.3) is 0 Å². The standard InChI is InChI=1S/C12H14I3NO2S/c1-7(4-17)5-19-6-11(18)16-12-9(14)2-8(13)3-10(12)15/h2-3,7,17H,4-6H2,1H3,(H,16,18). The Morgan fingerprint density at radius 2 is 1.95 bits per heavy atom. The number of hydrogen-bond acceptors (Lipinski definition) is 3. The summed E-state index contributed by atoms with van der Waals surface area (Å²) < 4.78 is 3.27. The van der Waals surface area contributed by atoms with Crippen LogP contribution >= 0.6 is 79.5 Å². The van der Waals surface area contributed by atoms with Crippen molar-refractivity contribution in [3.8, 4) is 0 Å². The minimum atomic E-state index is 0.00665. The number of carbonyl (C=O) groups is 1. The molecule has 0 fully saturated rings. The van der Waals surface area contributed by atoms with Crippen molar-refractivity contribution in [3.63, 3.8) is 0 Å². The summed E-state index contributed by atoms with van der Waals surface area (Å²) in [7, 11) is 0. The number of rotatable bonds is 6. The first-order valence-corrected chi connectivity index (χ1v) is 9.96. The van der Waals surface area contributed by atoms with E-state index < -0.39 is 0 Å². The lowest BCUT2D eigenvalue weighted by Gasteiger charge is -2.11. The summed E-state index contributed by atoms with van der Waals surface area (Å²) in [5.41, 5.74) is 0.891. The maximum absolute atomic E-state index is 11.9. The molecule has 0 aliphatic rings. The second kappa shape index (κ2) is 9.26. The van der Waals surface area contributed by atoms with E-state index in [-0.39, 0.29) is 18.4 Å². The van der Waals surface area contributed by atoms with E-state index in [1.807, 2.05) is 19.1 Å². The van der Waals surface area contributed by atoms with Crippen LogP contribution in [0.3, 0.4) is 0 Å². The number of carbonyl (C=O) groups excluding carboxylic acids is 1. The first-order valence-electron chi connectivity index (χ1n) is 5.57. The Bertz CT molecular complexity index is 434. The Kier molecular flexibility index (Phi) is 8.89. The number of hydrogen-bond donors (Lipinski definition) is 2. The zero-order valence-corrected chi connectivity index (χ0v) is 17.5. The summed E-state index contributed by atoms with van der Waals surface area (Å²) in [6.45, 7) is 2.14. The molecule has 0 aliphatic carbocycles. The fourth-order valence-electron chi connectivity index (χ4n) is 1.24. The van der Waals surface area contributed by atoms with E-state index in [4.69, 9.17) is 5.11 Å². The van der Waals surface area contributed by atoms with Crippen LogP contribution in [0.2, 0.25) is 0 Å². The van der Waals surface area contributed by atoms with Gasteiger partial charge in [-0.15, -0.1) is 0 Å². The van der Waals surface area contributed by atoms with Crippen LogP contribution in [0.5, 0.6) is 0 Å². The molecule has 0 spiro atoms. The summed E-state index contributed by atoms with van der Waals surface area (Å²) >= 11 is 8.29. The number of anilines is 1. The SMILES string of the molecule is CC(CO)CSCC(=O)Nc1c(I)cc(I)cc1I. The highest BCUT2D eigenvalue weighted by Crippen LogP contribution is 2.27. The highest BCUT2D eigenvalue weighted by molar-refractivity contribution is 14.1. The molecule has 1 aromatic rings. The molecule has 0 radical (unpaired) electrons. The van der Waals surface area contributed by atoms with E-state index in [0.717, 1.165) is 22.2 Å². The third-order valence-corrected chi connectivity index (χ3v) is 5.81. The Morgan fingerprint density at radius 1 is 1.37 bits per heavy atom. The number of thioether (sulfide) groups is 1. The van der Waals surface area contributed by atoms with Gasteiger partial charge in [-0.2, -0.15) is 11.8 Å². The van der Waals surface area contributed by atoms with Crippen LogP contribution in [0.15, 0.2) is 12.1 Å². The molecule has 19 heavy (non-hydrogen) atoms. The molecule has 7 heteroatoms. The molecule has 1 rings (SSSR count). The largest absolute Gasteiger partial charge is 0.396 e. The van der Waals surface area contributed by atoms with Crippen LogP contribution in [-0.2, 0) is 4.79 Å². The molecule has 106 valence electrons. The van der Waals surface area contributed by atoms with Crippen molar-refractivity contribution in [1.29, 1.82) is 0 Å². The van der Waals surface area contributed by atoms with Crippen molar-refractivity contribution in [3.05, 3.63) is 22.8 Å².